The fourth-order valence-electron chi connectivity index (χ4n) is 2.00. The van der Waals surface area contributed by atoms with Crippen LogP contribution in [0.4, 0.5) is 0 Å². The number of carbonyl (C=O) groups is 1. The van der Waals surface area contributed by atoms with Crippen LogP contribution in [0.3, 0.4) is 0 Å². The molecule has 0 saturated heterocycles. The highest BCUT2D eigenvalue weighted by Gasteiger charge is 2.14. The normalized spacial score (nSPS) is 10.4. The summed E-state index contributed by atoms with van der Waals surface area (Å²) in [5.74, 6) is 0.928. The molecule has 6 heteroatoms. The minimum Gasteiger partial charge on any atom is -0.497 e. The van der Waals surface area contributed by atoms with Crippen LogP contribution >= 0.6 is 23.2 Å². The van der Waals surface area contributed by atoms with Gasteiger partial charge in [-0.3, -0.25) is 14.2 Å². The van der Waals surface area contributed by atoms with Gasteiger partial charge in [0.25, 0.3) is 5.56 Å². The van der Waals surface area contributed by atoms with Gasteiger partial charge in [0.05, 0.1) is 17.7 Å². The fourth-order valence-corrected chi connectivity index (χ4v) is 2.45. The number of rotatable bonds is 5. The molecule has 0 amide bonds. The lowest BCUT2D eigenvalue weighted by molar-refractivity contribution is 0.112. The molecular weight excluding hydrogens is 313 g/mol. The molecule has 110 valence electrons. The van der Waals surface area contributed by atoms with Crippen LogP contribution < -0.4 is 10.3 Å². The number of aromatic nitrogens is 1. The Balaban J connectivity index is 2.64. The van der Waals surface area contributed by atoms with Crippen molar-refractivity contribution in [2.45, 2.75) is 6.42 Å². The topological polar surface area (TPSA) is 48.3 Å². The summed E-state index contributed by atoms with van der Waals surface area (Å²) in [6, 6.07) is 6.93. The van der Waals surface area contributed by atoms with E-state index in [-0.39, 0.29) is 22.0 Å². The monoisotopic (exact) mass is 325 g/mol. The number of hydrogen-bond donors (Lipinski definition) is 0. The van der Waals surface area contributed by atoms with Gasteiger partial charge in [0.2, 0.25) is 0 Å². The second kappa shape index (κ2) is 6.78. The maximum Gasteiger partial charge on any atom is 0.259 e. The molecule has 0 unspecified atom stereocenters. The zero-order chi connectivity index (χ0) is 15.4. The van der Waals surface area contributed by atoms with Crippen LogP contribution in [0.15, 0.2) is 35.3 Å². The molecule has 1 aromatic heterocycles. The second-order valence-electron chi connectivity index (χ2n) is 4.31. The van der Waals surface area contributed by atoms with Gasteiger partial charge in [-0.25, -0.2) is 0 Å². The first-order valence-electron chi connectivity index (χ1n) is 6.22. The molecule has 1 aromatic carbocycles. The first-order valence-corrected chi connectivity index (χ1v) is 7.13. The Bertz CT molecular complexity index is 708. The van der Waals surface area contributed by atoms with Gasteiger partial charge in [0.15, 0.2) is 6.29 Å². The molecule has 2 aromatic rings. The van der Waals surface area contributed by atoms with Crippen molar-refractivity contribution < 1.29 is 9.53 Å². The van der Waals surface area contributed by atoms with Crippen molar-refractivity contribution in [2.75, 3.05) is 13.0 Å². The summed E-state index contributed by atoms with van der Waals surface area (Å²) in [6.07, 6.45) is 2.35. The van der Waals surface area contributed by atoms with E-state index in [1.54, 1.807) is 31.4 Å². The van der Waals surface area contributed by atoms with Gasteiger partial charge in [0.1, 0.15) is 5.75 Å². The van der Waals surface area contributed by atoms with Crippen molar-refractivity contribution in [3.8, 4) is 11.4 Å². The molecule has 0 bridgehead atoms. The number of carbonyl (C=O) groups excluding carboxylic acids is 1. The summed E-state index contributed by atoms with van der Waals surface area (Å²) in [6.45, 7) is 0. The van der Waals surface area contributed by atoms with E-state index in [9.17, 15) is 9.59 Å². The number of methoxy groups -OCH3 is 1. The molecule has 0 radical (unpaired) electrons. The summed E-state index contributed by atoms with van der Waals surface area (Å²) < 4.78 is 6.47. The second-order valence-corrected chi connectivity index (χ2v) is 5.06. The summed E-state index contributed by atoms with van der Waals surface area (Å²) in [5, 5.41) is 0.167. The number of ether oxygens (including phenoxy) is 1. The molecule has 0 N–H and O–H groups in total. The zero-order valence-electron chi connectivity index (χ0n) is 11.3. The van der Waals surface area contributed by atoms with Gasteiger partial charge in [-0.1, -0.05) is 11.6 Å². The van der Waals surface area contributed by atoms with Gasteiger partial charge >= 0.3 is 0 Å². The lowest BCUT2D eigenvalue weighted by atomic mass is 10.1. The molecule has 0 aliphatic carbocycles. The van der Waals surface area contributed by atoms with Gasteiger partial charge in [-0.05, 0) is 30.7 Å². The van der Waals surface area contributed by atoms with Gasteiger partial charge in [-0.2, -0.15) is 0 Å². The molecule has 21 heavy (non-hydrogen) atoms. The van der Waals surface area contributed by atoms with Gasteiger partial charge < -0.3 is 4.74 Å². The van der Waals surface area contributed by atoms with E-state index in [2.05, 4.69) is 0 Å². The third-order valence-corrected chi connectivity index (χ3v) is 3.72. The Labute approximate surface area is 131 Å². The zero-order valence-corrected chi connectivity index (χ0v) is 12.8. The lowest BCUT2D eigenvalue weighted by Gasteiger charge is -2.12. The minimum absolute atomic E-state index is 0.167. The van der Waals surface area contributed by atoms with E-state index in [1.165, 1.54) is 10.8 Å². The first kappa shape index (κ1) is 15.6. The Morgan fingerprint density at radius 1 is 1.29 bits per heavy atom. The van der Waals surface area contributed by atoms with Gasteiger partial charge in [0, 0.05) is 23.3 Å². The van der Waals surface area contributed by atoms with Gasteiger partial charge in [-0.15, -0.1) is 11.6 Å². The molecule has 1 heterocycles. The molecule has 0 aliphatic heterocycles. The van der Waals surface area contributed by atoms with Crippen LogP contribution in [-0.2, 0) is 6.42 Å². The highest BCUT2D eigenvalue weighted by Crippen LogP contribution is 2.20. The predicted molar refractivity (Wildman–Crippen MR) is 83.4 cm³/mol. The molecule has 2 rings (SSSR count). The third kappa shape index (κ3) is 3.12. The average Bonchev–Trinajstić information content (AvgIpc) is 2.52. The van der Waals surface area contributed by atoms with Crippen molar-refractivity contribution in [1.29, 1.82) is 0 Å². The van der Waals surface area contributed by atoms with Crippen LogP contribution in [0.2, 0.25) is 5.02 Å². The number of benzene rings is 1. The first-order chi connectivity index (χ1) is 10.1. The van der Waals surface area contributed by atoms with E-state index in [0.717, 1.165) is 0 Å². The van der Waals surface area contributed by atoms with Crippen LogP contribution in [-0.4, -0.2) is 23.8 Å². The number of pyridine rings is 1. The maximum absolute atomic E-state index is 12.5. The molecule has 0 spiro atoms. The minimum atomic E-state index is -0.281. The maximum atomic E-state index is 12.5. The van der Waals surface area contributed by atoms with Crippen molar-refractivity contribution in [1.82, 2.24) is 4.57 Å². The largest absolute Gasteiger partial charge is 0.497 e. The molecule has 0 fully saturated rings. The number of hydrogen-bond acceptors (Lipinski definition) is 3. The number of alkyl halides is 1. The number of halogens is 2. The smallest absolute Gasteiger partial charge is 0.259 e. The van der Waals surface area contributed by atoms with E-state index in [4.69, 9.17) is 27.9 Å². The third-order valence-electron chi connectivity index (χ3n) is 3.09. The highest BCUT2D eigenvalue weighted by atomic mass is 35.5. The quantitative estimate of drug-likeness (QED) is 0.627. The summed E-state index contributed by atoms with van der Waals surface area (Å²) >= 11 is 11.8. The Hall–Kier alpha value is -1.78. The number of nitrogens with zero attached hydrogens (tertiary/aromatic N) is 1. The summed E-state index contributed by atoms with van der Waals surface area (Å²) in [5.41, 5.74) is 0.937. The Morgan fingerprint density at radius 2 is 1.95 bits per heavy atom. The SMILES string of the molecule is COc1ccc(-n2cc(C=O)c(Cl)c(CCCl)c2=O)cc1. The molecule has 4 nitrogen and oxygen atoms in total. The van der Waals surface area contributed by atoms with E-state index < -0.39 is 0 Å². The Kier molecular flexibility index (Phi) is 5.04. The van der Waals surface area contributed by atoms with Crippen molar-refractivity contribution >= 4 is 29.5 Å². The fraction of sp³-hybridized carbons (Fsp3) is 0.200. The predicted octanol–water partition coefficient (Wildman–Crippen LogP) is 3.09. The Morgan fingerprint density at radius 3 is 2.48 bits per heavy atom. The molecule has 0 saturated carbocycles. The molecular formula is C15H13Cl2NO3. The average molecular weight is 326 g/mol. The molecule has 0 aliphatic rings. The van der Waals surface area contributed by atoms with Crippen molar-refractivity contribution in [3.63, 3.8) is 0 Å². The standard InChI is InChI=1S/C15H13Cl2NO3/c1-21-12-4-2-11(3-5-12)18-8-10(9-19)14(17)13(6-7-16)15(18)20/h2-5,8-9H,6-7H2,1H3. The number of aldehydes is 1. The van der Waals surface area contributed by atoms with Crippen molar-refractivity contribution in [3.05, 3.63) is 57.0 Å². The molecule has 0 atom stereocenters. The van der Waals surface area contributed by atoms with Crippen LogP contribution in [0.1, 0.15) is 15.9 Å². The van der Waals surface area contributed by atoms with Crippen LogP contribution in [0.5, 0.6) is 5.75 Å². The lowest BCUT2D eigenvalue weighted by Crippen LogP contribution is -2.24. The van der Waals surface area contributed by atoms with E-state index in [1.807, 2.05) is 0 Å². The van der Waals surface area contributed by atoms with Crippen LogP contribution in [0.25, 0.3) is 5.69 Å². The summed E-state index contributed by atoms with van der Waals surface area (Å²) in [4.78, 5) is 23.6. The summed E-state index contributed by atoms with van der Waals surface area (Å²) in [7, 11) is 1.56. The van der Waals surface area contributed by atoms with E-state index >= 15 is 0 Å². The van der Waals surface area contributed by atoms with Crippen molar-refractivity contribution in [2.24, 2.45) is 0 Å². The highest BCUT2D eigenvalue weighted by molar-refractivity contribution is 6.33. The van der Waals surface area contributed by atoms with Crippen LogP contribution in [0, 0.1) is 0 Å². The van der Waals surface area contributed by atoms with E-state index in [0.29, 0.717) is 29.7 Å².